The van der Waals surface area contributed by atoms with E-state index in [2.05, 4.69) is 20.1 Å². The second-order valence-electron chi connectivity index (χ2n) is 9.90. The SMILES string of the molecule is O=C1c2ccc(S(=O)(=O)NCCC3COCCN3)cc2C(=O)c2ccc(S(=O)(=O)NCCC3COCCN3)cc21. The summed E-state index contributed by atoms with van der Waals surface area (Å²) >= 11 is 0. The van der Waals surface area contributed by atoms with Gasteiger partial charge in [0.05, 0.1) is 36.2 Å². The maximum atomic E-state index is 13.3. The van der Waals surface area contributed by atoms with Gasteiger partial charge in [0, 0.05) is 60.5 Å². The van der Waals surface area contributed by atoms with E-state index >= 15 is 0 Å². The summed E-state index contributed by atoms with van der Waals surface area (Å²) in [5, 5.41) is 6.50. The number of hydrogen-bond acceptors (Lipinski definition) is 10. The monoisotopic (exact) mass is 592 g/mol. The summed E-state index contributed by atoms with van der Waals surface area (Å²) in [5.74, 6) is -1.10. The summed E-state index contributed by atoms with van der Waals surface area (Å²) in [4.78, 5) is 26.3. The van der Waals surface area contributed by atoms with Gasteiger partial charge in [0.25, 0.3) is 0 Å². The number of fused-ring (bicyclic) bond motifs is 2. The molecule has 0 radical (unpaired) electrons. The largest absolute Gasteiger partial charge is 0.379 e. The predicted molar refractivity (Wildman–Crippen MR) is 145 cm³/mol. The summed E-state index contributed by atoms with van der Waals surface area (Å²) in [5.41, 5.74) is -0.0471. The molecule has 0 saturated carbocycles. The van der Waals surface area contributed by atoms with Gasteiger partial charge >= 0.3 is 0 Å². The van der Waals surface area contributed by atoms with Gasteiger partial charge in [-0.2, -0.15) is 0 Å². The Labute approximate surface area is 233 Å². The van der Waals surface area contributed by atoms with Crippen LogP contribution in [0.2, 0.25) is 0 Å². The number of benzene rings is 2. The van der Waals surface area contributed by atoms with Crippen LogP contribution in [0, 0.1) is 0 Å². The number of morpholine rings is 2. The van der Waals surface area contributed by atoms with Gasteiger partial charge in [0.1, 0.15) is 0 Å². The molecule has 14 heteroatoms. The molecule has 40 heavy (non-hydrogen) atoms. The summed E-state index contributed by atoms with van der Waals surface area (Å²) in [7, 11) is -7.88. The van der Waals surface area contributed by atoms with Crippen molar-refractivity contribution < 1.29 is 35.9 Å². The number of hydrogen-bond donors (Lipinski definition) is 4. The standard InChI is InChI=1S/C26H32N4O8S2/c31-25-21-3-1-19(39(33,34)29-7-5-17-15-37-11-9-27-17)13-23(21)26(32)22-4-2-20(14-24(22)25)40(35,36)30-8-6-18-16-38-12-10-28-18/h1-4,13-14,17-18,27-30H,5-12,15-16H2. The molecule has 0 amide bonds. The third kappa shape index (κ3) is 6.34. The number of ketones is 2. The molecule has 2 aromatic rings. The van der Waals surface area contributed by atoms with Crippen molar-refractivity contribution in [3.05, 3.63) is 58.7 Å². The van der Waals surface area contributed by atoms with E-state index in [1.54, 1.807) is 0 Å². The second-order valence-corrected chi connectivity index (χ2v) is 13.4. The van der Waals surface area contributed by atoms with Crippen LogP contribution in [-0.4, -0.2) is 93.1 Å². The molecule has 0 aromatic heterocycles. The van der Waals surface area contributed by atoms with Crippen molar-refractivity contribution in [3.63, 3.8) is 0 Å². The van der Waals surface area contributed by atoms with Gasteiger partial charge in [0.2, 0.25) is 20.0 Å². The van der Waals surface area contributed by atoms with Crippen LogP contribution in [0.15, 0.2) is 46.2 Å². The van der Waals surface area contributed by atoms with Crippen molar-refractivity contribution in [1.29, 1.82) is 0 Å². The Morgan fingerprint density at radius 3 is 1.48 bits per heavy atom. The highest BCUT2D eigenvalue weighted by molar-refractivity contribution is 7.89. The molecule has 4 N–H and O–H groups in total. The van der Waals surface area contributed by atoms with Crippen LogP contribution in [0.1, 0.15) is 44.7 Å². The quantitative estimate of drug-likeness (QED) is 0.247. The Balaban J connectivity index is 1.29. The number of nitrogens with one attached hydrogen (secondary N) is 4. The zero-order valence-electron chi connectivity index (χ0n) is 21.8. The first kappa shape index (κ1) is 29.0. The summed E-state index contributed by atoms with van der Waals surface area (Å²) in [6.07, 6.45) is 1.06. The van der Waals surface area contributed by atoms with Crippen molar-refractivity contribution in [3.8, 4) is 0 Å². The average molecular weight is 593 g/mol. The number of carbonyl (C=O) groups is 2. The van der Waals surface area contributed by atoms with Crippen molar-refractivity contribution >= 4 is 31.6 Å². The Bertz CT molecular complexity index is 1390. The summed E-state index contributed by atoms with van der Waals surface area (Å²) in [6.45, 7) is 4.01. The minimum atomic E-state index is -3.94. The summed E-state index contributed by atoms with van der Waals surface area (Å²) < 4.78 is 67.4. The highest BCUT2D eigenvalue weighted by Gasteiger charge is 2.32. The minimum absolute atomic E-state index is 0.0193. The van der Waals surface area contributed by atoms with E-state index in [-0.39, 0.29) is 57.2 Å². The molecule has 2 fully saturated rings. The molecular weight excluding hydrogens is 560 g/mol. The van der Waals surface area contributed by atoms with E-state index in [1.807, 2.05) is 0 Å². The fourth-order valence-electron chi connectivity index (χ4n) is 4.95. The lowest BCUT2D eigenvalue weighted by Gasteiger charge is -2.24. The zero-order chi connectivity index (χ0) is 28.3. The first-order valence-electron chi connectivity index (χ1n) is 13.1. The molecule has 5 rings (SSSR count). The van der Waals surface area contributed by atoms with E-state index in [0.717, 1.165) is 0 Å². The second kappa shape index (κ2) is 12.1. The fraction of sp³-hybridized carbons (Fsp3) is 0.462. The molecule has 2 aromatic carbocycles. The van der Waals surface area contributed by atoms with Gasteiger partial charge in [-0.05, 0) is 49.2 Å². The maximum Gasteiger partial charge on any atom is 0.240 e. The predicted octanol–water partition coefficient (Wildman–Crippen LogP) is -0.224. The van der Waals surface area contributed by atoms with E-state index in [0.29, 0.717) is 52.4 Å². The topological polar surface area (TPSA) is 169 Å². The van der Waals surface area contributed by atoms with Crippen molar-refractivity contribution in [2.45, 2.75) is 34.7 Å². The van der Waals surface area contributed by atoms with E-state index < -0.39 is 31.6 Å². The lowest BCUT2D eigenvalue weighted by atomic mass is 9.84. The van der Waals surface area contributed by atoms with Crippen LogP contribution in [0.4, 0.5) is 0 Å². The molecule has 216 valence electrons. The van der Waals surface area contributed by atoms with Crippen molar-refractivity contribution in [2.75, 3.05) is 52.6 Å². The van der Waals surface area contributed by atoms with Gasteiger partial charge < -0.3 is 20.1 Å². The molecule has 2 atom stereocenters. The van der Waals surface area contributed by atoms with Crippen molar-refractivity contribution in [2.24, 2.45) is 0 Å². The molecule has 12 nitrogen and oxygen atoms in total. The van der Waals surface area contributed by atoms with Gasteiger partial charge in [-0.1, -0.05) is 0 Å². The fourth-order valence-corrected chi connectivity index (χ4v) is 7.10. The normalized spacial score (nSPS) is 21.6. The number of rotatable bonds is 10. The molecular formula is C26H32N4O8S2. The molecule has 0 bridgehead atoms. The number of sulfonamides is 2. The first-order valence-corrected chi connectivity index (χ1v) is 16.1. The Hall–Kier alpha value is -2.56. The minimum Gasteiger partial charge on any atom is -0.379 e. The first-order chi connectivity index (χ1) is 19.2. The van der Waals surface area contributed by atoms with Crippen molar-refractivity contribution in [1.82, 2.24) is 20.1 Å². The van der Waals surface area contributed by atoms with Gasteiger partial charge in [-0.3, -0.25) is 9.59 Å². The summed E-state index contributed by atoms with van der Waals surface area (Å²) in [6, 6.07) is 7.60. The van der Waals surface area contributed by atoms with Crippen LogP contribution in [-0.2, 0) is 29.5 Å². The van der Waals surface area contributed by atoms with Crippen LogP contribution in [0.5, 0.6) is 0 Å². The number of carbonyl (C=O) groups excluding carboxylic acids is 2. The Morgan fingerprint density at radius 2 is 1.10 bits per heavy atom. The third-order valence-electron chi connectivity index (χ3n) is 7.15. The maximum absolute atomic E-state index is 13.3. The van der Waals surface area contributed by atoms with E-state index in [1.165, 1.54) is 36.4 Å². The molecule has 3 aliphatic rings. The highest BCUT2D eigenvalue weighted by atomic mass is 32.2. The molecule has 2 aliphatic heterocycles. The average Bonchev–Trinajstić information content (AvgIpc) is 2.96. The van der Waals surface area contributed by atoms with Crippen LogP contribution >= 0.6 is 0 Å². The van der Waals surface area contributed by atoms with Gasteiger partial charge in [0.15, 0.2) is 11.6 Å². The van der Waals surface area contributed by atoms with Gasteiger partial charge in [-0.25, -0.2) is 26.3 Å². The lowest BCUT2D eigenvalue weighted by molar-refractivity contribution is 0.0747. The smallest absolute Gasteiger partial charge is 0.240 e. The molecule has 1 aliphatic carbocycles. The zero-order valence-corrected chi connectivity index (χ0v) is 23.4. The van der Waals surface area contributed by atoms with Gasteiger partial charge in [-0.15, -0.1) is 0 Å². The van der Waals surface area contributed by atoms with E-state index in [4.69, 9.17) is 9.47 Å². The molecule has 2 unspecified atom stereocenters. The van der Waals surface area contributed by atoms with Crippen LogP contribution < -0.4 is 20.1 Å². The Morgan fingerprint density at radius 1 is 0.675 bits per heavy atom. The molecule has 2 saturated heterocycles. The Kier molecular flexibility index (Phi) is 8.78. The van der Waals surface area contributed by atoms with Crippen LogP contribution in [0.25, 0.3) is 0 Å². The highest BCUT2D eigenvalue weighted by Crippen LogP contribution is 2.30. The number of ether oxygens (including phenoxy) is 2. The lowest BCUT2D eigenvalue weighted by Crippen LogP contribution is -2.43. The third-order valence-corrected chi connectivity index (χ3v) is 10.1. The van der Waals surface area contributed by atoms with E-state index in [9.17, 15) is 26.4 Å². The molecule has 0 spiro atoms. The van der Waals surface area contributed by atoms with Crippen LogP contribution in [0.3, 0.4) is 0 Å². The molecule has 2 heterocycles.